The molecule has 2 nitrogen and oxygen atoms in total. The topological polar surface area (TPSA) is 18.5 Å². The van der Waals surface area contributed by atoms with Crippen LogP contribution in [0, 0.1) is 5.82 Å². The smallest absolute Gasteiger partial charge is 0.134 e. The van der Waals surface area contributed by atoms with E-state index in [0.29, 0.717) is 31.3 Å². The molecular formula is C12H15Cl2FO2. The Morgan fingerprint density at radius 1 is 1.18 bits per heavy atom. The van der Waals surface area contributed by atoms with Crippen LogP contribution in [0.25, 0.3) is 0 Å². The quantitative estimate of drug-likeness (QED) is 0.533. The lowest BCUT2D eigenvalue weighted by molar-refractivity contribution is 0.0914. The first kappa shape index (κ1) is 14.6. The molecule has 0 radical (unpaired) electrons. The van der Waals surface area contributed by atoms with Crippen LogP contribution in [0.2, 0.25) is 0 Å². The van der Waals surface area contributed by atoms with Crippen molar-refractivity contribution in [2.75, 3.05) is 19.1 Å². The van der Waals surface area contributed by atoms with E-state index in [1.54, 1.807) is 12.1 Å². The van der Waals surface area contributed by atoms with Crippen LogP contribution in [-0.2, 0) is 4.74 Å². The first-order chi connectivity index (χ1) is 8.22. The molecule has 0 aliphatic carbocycles. The Bertz CT molecular complexity index is 306. The van der Waals surface area contributed by atoms with Gasteiger partial charge in [-0.25, -0.2) is 4.39 Å². The Kier molecular flexibility index (Phi) is 7.33. The van der Waals surface area contributed by atoms with Gasteiger partial charge in [0.2, 0.25) is 0 Å². The molecule has 1 aromatic carbocycles. The maximum absolute atomic E-state index is 12.6. The maximum atomic E-state index is 12.6. The molecule has 0 amide bonds. The Morgan fingerprint density at radius 3 is 2.53 bits per heavy atom. The molecule has 1 unspecified atom stereocenters. The SMILES string of the molecule is Fc1ccc(OCCC(Cl)OCCCCl)cc1. The van der Waals surface area contributed by atoms with Crippen LogP contribution in [0.1, 0.15) is 12.8 Å². The van der Waals surface area contributed by atoms with Crippen LogP contribution in [0.5, 0.6) is 5.75 Å². The molecule has 5 heteroatoms. The minimum Gasteiger partial charge on any atom is -0.493 e. The summed E-state index contributed by atoms with van der Waals surface area (Å²) in [6.45, 7) is 0.981. The Morgan fingerprint density at radius 2 is 1.88 bits per heavy atom. The first-order valence-corrected chi connectivity index (χ1v) is 6.39. The summed E-state index contributed by atoms with van der Waals surface area (Å²) in [5.41, 5.74) is -0.376. The van der Waals surface area contributed by atoms with E-state index < -0.39 is 0 Å². The molecule has 0 aliphatic heterocycles. The number of benzene rings is 1. The van der Waals surface area contributed by atoms with Gasteiger partial charge in [0.1, 0.15) is 17.1 Å². The molecule has 1 aromatic rings. The third-order valence-corrected chi connectivity index (χ3v) is 2.62. The molecule has 96 valence electrons. The molecule has 1 rings (SSSR count). The normalized spacial score (nSPS) is 12.4. The second-order valence-corrected chi connectivity index (χ2v) is 4.28. The minimum absolute atomic E-state index is 0.281. The zero-order valence-electron chi connectivity index (χ0n) is 9.37. The van der Waals surface area contributed by atoms with Crippen LogP contribution < -0.4 is 4.74 Å². The summed E-state index contributed by atoms with van der Waals surface area (Å²) in [6.07, 6.45) is 1.35. The molecule has 17 heavy (non-hydrogen) atoms. The molecule has 0 spiro atoms. The molecular weight excluding hydrogens is 266 g/mol. The van der Waals surface area contributed by atoms with Crippen molar-refractivity contribution in [2.24, 2.45) is 0 Å². The number of rotatable bonds is 8. The van der Waals surface area contributed by atoms with Crippen molar-refractivity contribution in [2.45, 2.75) is 18.4 Å². The summed E-state index contributed by atoms with van der Waals surface area (Å²) in [5.74, 6) is 0.906. The van der Waals surface area contributed by atoms with Crippen molar-refractivity contribution in [3.8, 4) is 5.75 Å². The van der Waals surface area contributed by atoms with Crippen LogP contribution in [-0.4, -0.2) is 24.7 Å². The van der Waals surface area contributed by atoms with E-state index in [4.69, 9.17) is 32.7 Å². The average molecular weight is 281 g/mol. The molecule has 0 saturated heterocycles. The summed E-state index contributed by atoms with van der Waals surface area (Å²) in [6, 6.07) is 5.86. The second kappa shape index (κ2) is 8.56. The Labute approximate surface area is 111 Å². The van der Waals surface area contributed by atoms with Gasteiger partial charge in [0, 0.05) is 18.9 Å². The lowest BCUT2D eigenvalue weighted by Gasteiger charge is -2.11. The molecule has 0 saturated carbocycles. The van der Waals surface area contributed by atoms with E-state index >= 15 is 0 Å². The highest BCUT2D eigenvalue weighted by Gasteiger charge is 2.04. The second-order valence-electron chi connectivity index (χ2n) is 3.41. The molecule has 0 bridgehead atoms. The lowest BCUT2D eigenvalue weighted by Crippen LogP contribution is -2.11. The van der Waals surface area contributed by atoms with Crippen LogP contribution >= 0.6 is 23.2 Å². The van der Waals surface area contributed by atoms with Gasteiger partial charge in [0.15, 0.2) is 0 Å². The van der Waals surface area contributed by atoms with E-state index in [1.807, 2.05) is 0 Å². The maximum Gasteiger partial charge on any atom is 0.134 e. The predicted octanol–water partition coefficient (Wildman–Crippen LogP) is 3.81. The number of halogens is 3. The largest absolute Gasteiger partial charge is 0.493 e. The van der Waals surface area contributed by atoms with Gasteiger partial charge in [-0.3, -0.25) is 0 Å². The van der Waals surface area contributed by atoms with E-state index in [9.17, 15) is 4.39 Å². The summed E-state index contributed by atoms with van der Waals surface area (Å²) >= 11 is 11.4. The van der Waals surface area contributed by atoms with Crippen molar-refractivity contribution in [3.63, 3.8) is 0 Å². The standard InChI is InChI=1S/C12H15Cl2FO2/c13-7-1-8-17-12(14)6-9-16-11-4-2-10(15)3-5-11/h2-5,12H,1,6-9H2. The van der Waals surface area contributed by atoms with Crippen LogP contribution in [0.15, 0.2) is 24.3 Å². The third-order valence-electron chi connectivity index (χ3n) is 2.00. The van der Waals surface area contributed by atoms with E-state index in [0.717, 1.165) is 6.42 Å². The van der Waals surface area contributed by atoms with E-state index in [-0.39, 0.29) is 11.4 Å². The summed E-state index contributed by atoms with van der Waals surface area (Å²) in [5, 5.41) is 0. The zero-order chi connectivity index (χ0) is 12.5. The van der Waals surface area contributed by atoms with Crippen molar-refractivity contribution >= 4 is 23.2 Å². The fourth-order valence-corrected chi connectivity index (χ4v) is 1.44. The minimum atomic E-state index is -0.376. The third kappa shape index (κ3) is 6.71. The van der Waals surface area contributed by atoms with Gasteiger partial charge < -0.3 is 9.47 Å². The molecule has 0 N–H and O–H groups in total. The highest BCUT2D eigenvalue weighted by molar-refractivity contribution is 6.19. The average Bonchev–Trinajstić information content (AvgIpc) is 2.32. The monoisotopic (exact) mass is 280 g/mol. The fourth-order valence-electron chi connectivity index (χ4n) is 1.15. The molecule has 0 heterocycles. The lowest BCUT2D eigenvalue weighted by atomic mass is 10.3. The van der Waals surface area contributed by atoms with Gasteiger partial charge in [-0.1, -0.05) is 11.6 Å². The molecule has 0 aliphatic rings. The van der Waals surface area contributed by atoms with Crippen molar-refractivity contribution in [3.05, 3.63) is 30.1 Å². The van der Waals surface area contributed by atoms with Crippen molar-refractivity contribution < 1.29 is 13.9 Å². The summed E-state index contributed by atoms with van der Waals surface area (Å²) in [7, 11) is 0. The summed E-state index contributed by atoms with van der Waals surface area (Å²) < 4.78 is 23.3. The molecule has 0 fully saturated rings. The summed E-state index contributed by atoms with van der Waals surface area (Å²) in [4.78, 5) is 0. The number of alkyl halides is 2. The number of ether oxygens (including phenoxy) is 2. The number of hydrogen-bond acceptors (Lipinski definition) is 2. The van der Waals surface area contributed by atoms with Crippen molar-refractivity contribution in [1.82, 2.24) is 0 Å². The van der Waals surface area contributed by atoms with Crippen molar-refractivity contribution in [1.29, 1.82) is 0 Å². The van der Waals surface area contributed by atoms with Gasteiger partial charge in [-0.05, 0) is 30.7 Å². The van der Waals surface area contributed by atoms with Crippen LogP contribution in [0.3, 0.4) is 0 Å². The van der Waals surface area contributed by atoms with Crippen LogP contribution in [0.4, 0.5) is 4.39 Å². The highest BCUT2D eigenvalue weighted by Crippen LogP contribution is 2.12. The molecule has 0 aromatic heterocycles. The highest BCUT2D eigenvalue weighted by atomic mass is 35.5. The number of hydrogen-bond donors (Lipinski definition) is 0. The van der Waals surface area contributed by atoms with Gasteiger partial charge >= 0.3 is 0 Å². The van der Waals surface area contributed by atoms with Gasteiger partial charge in [0.25, 0.3) is 0 Å². The van der Waals surface area contributed by atoms with Gasteiger partial charge in [0.05, 0.1) is 6.61 Å². The first-order valence-electron chi connectivity index (χ1n) is 5.42. The van der Waals surface area contributed by atoms with Gasteiger partial charge in [-0.15, -0.1) is 11.6 Å². The fraction of sp³-hybridized carbons (Fsp3) is 0.500. The Balaban J connectivity index is 2.12. The Hall–Kier alpha value is -0.510. The zero-order valence-corrected chi connectivity index (χ0v) is 10.9. The van der Waals surface area contributed by atoms with E-state index in [2.05, 4.69) is 0 Å². The molecule has 1 atom stereocenters. The van der Waals surface area contributed by atoms with Gasteiger partial charge in [-0.2, -0.15) is 0 Å². The predicted molar refractivity (Wildman–Crippen MR) is 67.4 cm³/mol. The van der Waals surface area contributed by atoms with E-state index in [1.165, 1.54) is 12.1 Å².